The zero-order chi connectivity index (χ0) is 25.1. The Hall–Kier alpha value is -3.67. The van der Waals surface area contributed by atoms with Crippen LogP contribution in [0, 0.1) is 6.92 Å². The van der Waals surface area contributed by atoms with E-state index in [9.17, 15) is 14.4 Å². The van der Waals surface area contributed by atoms with Gasteiger partial charge in [-0.3, -0.25) is 19.3 Å². The van der Waals surface area contributed by atoms with Crippen LogP contribution in [-0.2, 0) is 16.1 Å². The number of carbonyl (C=O) groups is 3. The van der Waals surface area contributed by atoms with E-state index in [4.69, 9.17) is 0 Å². The van der Waals surface area contributed by atoms with Gasteiger partial charge < -0.3 is 10.2 Å². The van der Waals surface area contributed by atoms with Crippen LogP contribution in [0.15, 0.2) is 60.7 Å². The number of hydrogen-bond acceptors (Lipinski definition) is 3. The largest absolute Gasteiger partial charge is 0.352 e. The lowest BCUT2D eigenvalue weighted by atomic mass is 10.1. The molecule has 0 aliphatic carbocycles. The lowest BCUT2D eigenvalue weighted by Crippen LogP contribution is -2.53. The molecule has 6 nitrogen and oxygen atoms in total. The van der Waals surface area contributed by atoms with Crippen LogP contribution >= 0.6 is 0 Å². The van der Waals surface area contributed by atoms with Crippen molar-refractivity contribution in [1.29, 1.82) is 0 Å². The predicted octanol–water partition coefficient (Wildman–Crippen LogP) is 4.83. The summed E-state index contributed by atoms with van der Waals surface area (Å²) in [5, 5.41) is 4.88. The van der Waals surface area contributed by atoms with Crippen molar-refractivity contribution in [3.05, 3.63) is 77.4 Å². The summed E-state index contributed by atoms with van der Waals surface area (Å²) in [6, 6.07) is 18.7. The summed E-state index contributed by atoms with van der Waals surface area (Å²) in [5.41, 5.74) is 3.42. The van der Waals surface area contributed by atoms with Crippen LogP contribution in [0.2, 0.25) is 0 Å². The third-order valence-electron chi connectivity index (χ3n) is 6.80. The van der Waals surface area contributed by atoms with Gasteiger partial charge in [0, 0.05) is 23.5 Å². The van der Waals surface area contributed by atoms with Gasteiger partial charge in [-0.25, -0.2) is 0 Å². The molecule has 3 aromatic rings. The van der Waals surface area contributed by atoms with Crippen molar-refractivity contribution in [2.45, 2.75) is 59.2 Å². The number of amides is 3. The average molecular weight is 472 g/mol. The molecule has 0 spiro atoms. The summed E-state index contributed by atoms with van der Waals surface area (Å²) in [5.74, 6) is -0.604. The SMILES string of the molecule is CC[C@H](C(=O)N[C@@H](C)CC)N(Cc1ccc(C)cc1)C(=O)CN1C(=O)c2cccc3cccc1c23. The minimum atomic E-state index is -0.631. The Balaban J connectivity index is 1.64. The van der Waals surface area contributed by atoms with E-state index in [1.807, 2.05) is 82.3 Å². The maximum Gasteiger partial charge on any atom is 0.259 e. The van der Waals surface area contributed by atoms with Gasteiger partial charge in [-0.2, -0.15) is 0 Å². The van der Waals surface area contributed by atoms with Gasteiger partial charge in [0.1, 0.15) is 12.6 Å². The Kier molecular flexibility index (Phi) is 7.20. The van der Waals surface area contributed by atoms with Crippen molar-refractivity contribution in [2.24, 2.45) is 0 Å². The quantitative estimate of drug-likeness (QED) is 0.486. The lowest BCUT2D eigenvalue weighted by Gasteiger charge is -2.33. The third kappa shape index (κ3) is 4.92. The van der Waals surface area contributed by atoms with Gasteiger partial charge in [0.2, 0.25) is 11.8 Å². The van der Waals surface area contributed by atoms with Crippen LogP contribution in [0.1, 0.15) is 55.1 Å². The molecule has 1 N–H and O–H groups in total. The van der Waals surface area contributed by atoms with Crippen LogP contribution in [0.5, 0.6) is 0 Å². The molecule has 182 valence electrons. The highest BCUT2D eigenvalue weighted by atomic mass is 16.2. The Bertz CT molecular complexity index is 1250. The molecule has 35 heavy (non-hydrogen) atoms. The smallest absolute Gasteiger partial charge is 0.259 e. The van der Waals surface area contributed by atoms with Gasteiger partial charge in [0.15, 0.2) is 0 Å². The van der Waals surface area contributed by atoms with E-state index in [1.54, 1.807) is 15.9 Å². The van der Waals surface area contributed by atoms with Crippen molar-refractivity contribution in [3.8, 4) is 0 Å². The Morgan fingerprint density at radius 2 is 1.66 bits per heavy atom. The van der Waals surface area contributed by atoms with Gasteiger partial charge >= 0.3 is 0 Å². The predicted molar refractivity (Wildman–Crippen MR) is 139 cm³/mol. The maximum atomic E-state index is 13.8. The summed E-state index contributed by atoms with van der Waals surface area (Å²) in [6.07, 6.45) is 1.28. The van der Waals surface area contributed by atoms with Gasteiger partial charge in [-0.1, -0.05) is 67.9 Å². The van der Waals surface area contributed by atoms with Crippen LogP contribution < -0.4 is 10.2 Å². The van der Waals surface area contributed by atoms with Crippen LogP contribution in [-0.4, -0.2) is 41.2 Å². The second kappa shape index (κ2) is 10.3. The monoisotopic (exact) mass is 471 g/mol. The van der Waals surface area contributed by atoms with Crippen LogP contribution in [0.4, 0.5) is 5.69 Å². The highest BCUT2D eigenvalue weighted by molar-refractivity contribution is 6.26. The van der Waals surface area contributed by atoms with Crippen molar-refractivity contribution >= 4 is 34.2 Å². The van der Waals surface area contributed by atoms with E-state index in [0.29, 0.717) is 18.5 Å². The number of aryl methyl sites for hydroxylation is 1. The number of benzene rings is 3. The van der Waals surface area contributed by atoms with Crippen molar-refractivity contribution in [3.63, 3.8) is 0 Å². The standard InChI is InChI=1S/C29H33N3O3/c1-5-20(4)30-28(34)24(6-2)31(17-21-15-13-19(3)14-16-21)26(33)18-32-25-12-8-10-22-9-7-11-23(27(22)25)29(32)35/h7-16,20,24H,5-6,17-18H2,1-4H3,(H,30,34)/t20-,24+/m0/s1. The van der Waals surface area contributed by atoms with E-state index in [2.05, 4.69) is 5.32 Å². The van der Waals surface area contributed by atoms with E-state index >= 15 is 0 Å². The molecule has 0 saturated heterocycles. The molecule has 3 aromatic carbocycles. The summed E-state index contributed by atoms with van der Waals surface area (Å²) < 4.78 is 0. The molecule has 6 heteroatoms. The first-order valence-corrected chi connectivity index (χ1v) is 12.3. The molecular weight excluding hydrogens is 438 g/mol. The number of nitrogens with one attached hydrogen (secondary N) is 1. The molecule has 1 aliphatic heterocycles. The zero-order valence-electron chi connectivity index (χ0n) is 20.9. The maximum absolute atomic E-state index is 13.8. The molecule has 2 atom stereocenters. The van der Waals surface area contributed by atoms with Crippen molar-refractivity contribution in [1.82, 2.24) is 10.2 Å². The van der Waals surface area contributed by atoms with Crippen molar-refractivity contribution < 1.29 is 14.4 Å². The van der Waals surface area contributed by atoms with E-state index in [1.165, 1.54) is 0 Å². The Morgan fingerprint density at radius 1 is 0.971 bits per heavy atom. The normalized spacial score (nSPS) is 14.2. The highest BCUT2D eigenvalue weighted by Crippen LogP contribution is 2.37. The Labute approximate surface area is 206 Å². The average Bonchev–Trinajstić information content (AvgIpc) is 3.13. The minimum Gasteiger partial charge on any atom is -0.352 e. The molecule has 3 amide bonds. The minimum absolute atomic E-state index is 0.0140. The molecule has 0 unspecified atom stereocenters. The van der Waals surface area contributed by atoms with E-state index in [0.717, 1.165) is 34.0 Å². The van der Waals surface area contributed by atoms with Crippen molar-refractivity contribution in [2.75, 3.05) is 11.4 Å². The molecule has 0 aromatic heterocycles. The number of carbonyl (C=O) groups excluding carboxylic acids is 3. The molecule has 4 rings (SSSR count). The van der Waals surface area contributed by atoms with Gasteiger partial charge in [0.25, 0.3) is 5.91 Å². The van der Waals surface area contributed by atoms with Gasteiger partial charge in [-0.15, -0.1) is 0 Å². The summed E-state index contributed by atoms with van der Waals surface area (Å²) >= 11 is 0. The lowest BCUT2D eigenvalue weighted by molar-refractivity contribution is -0.140. The first-order valence-electron chi connectivity index (χ1n) is 12.3. The molecule has 1 heterocycles. The molecule has 1 aliphatic rings. The zero-order valence-corrected chi connectivity index (χ0v) is 20.9. The molecule has 0 radical (unpaired) electrons. The second-order valence-corrected chi connectivity index (χ2v) is 9.32. The second-order valence-electron chi connectivity index (χ2n) is 9.32. The fourth-order valence-electron chi connectivity index (χ4n) is 4.61. The number of anilines is 1. The summed E-state index contributed by atoms with van der Waals surface area (Å²) in [6.45, 7) is 8.07. The van der Waals surface area contributed by atoms with Crippen LogP contribution in [0.25, 0.3) is 10.8 Å². The van der Waals surface area contributed by atoms with Gasteiger partial charge in [-0.05, 0) is 49.8 Å². The highest BCUT2D eigenvalue weighted by Gasteiger charge is 2.35. The van der Waals surface area contributed by atoms with Gasteiger partial charge in [0.05, 0.1) is 5.69 Å². The fourth-order valence-corrected chi connectivity index (χ4v) is 4.61. The summed E-state index contributed by atoms with van der Waals surface area (Å²) in [7, 11) is 0. The molecular formula is C29H33N3O3. The molecule has 0 bridgehead atoms. The van der Waals surface area contributed by atoms with Crippen LogP contribution in [0.3, 0.4) is 0 Å². The first kappa shape index (κ1) is 24.5. The molecule has 0 fully saturated rings. The molecule has 0 saturated carbocycles. The third-order valence-corrected chi connectivity index (χ3v) is 6.80. The van der Waals surface area contributed by atoms with E-state index < -0.39 is 6.04 Å². The van der Waals surface area contributed by atoms with E-state index in [-0.39, 0.29) is 30.3 Å². The topological polar surface area (TPSA) is 69.7 Å². The Morgan fingerprint density at radius 3 is 2.31 bits per heavy atom. The first-order chi connectivity index (χ1) is 16.8. The fraction of sp³-hybridized carbons (Fsp3) is 0.345. The number of hydrogen-bond donors (Lipinski definition) is 1. The number of rotatable bonds is 9. The summed E-state index contributed by atoms with van der Waals surface area (Å²) in [4.78, 5) is 43.4. The number of nitrogens with zero attached hydrogens (tertiary/aromatic N) is 2.